The molecule has 0 bridgehead atoms. The summed E-state index contributed by atoms with van der Waals surface area (Å²) in [7, 11) is 0. The molecule has 1 amide bonds. The van der Waals surface area contributed by atoms with E-state index in [0.29, 0.717) is 25.9 Å². The number of unbranched alkanes of at least 4 members (excludes halogenated alkanes) is 49. The van der Waals surface area contributed by atoms with Gasteiger partial charge in [-0.1, -0.05) is 328 Å². The predicted molar refractivity (Wildman–Crippen MR) is 301 cm³/mol. The fourth-order valence-electron chi connectivity index (χ4n) is 10.3. The molecule has 0 heterocycles. The quantitative estimate of drug-likeness (QED) is 0.0417. The summed E-state index contributed by atoms with van der Waals surface area (Å²) < 4.78 is 5.51. The van der Waals surface area contributed by atoms with E-state index in [9.17, 15) is 19.8 Å². The monoisotopic (exact) mass is 976 g/mol. The van der Waals surface area contributed by atoms with E-state index in [-0.39, 0.29) is 18.5 Å². The Labute approximate surface area is 432 Å². The van der Waals surface area contributed by atoms with E-state index in [1.807, 2.05) is 0 Å². The summed E-state index contributed by atoms with van der Waals surface area (Å²) in [5, 5.41) is 23.2. The van der Waals surface area contributed by atoms with Crippen LogP contribution < -0.4 is 5.32 Å². The van der Waals surface area contributed by atoms with Crippen LogP contribution in [0.1, 0.15) is 367 Å². The Kier molecular flexibility index (Phi) is 58.4. The van der Waals surface area contributed by atoms with Gasteiger partial charge in [-0.25, -0.2) is 0 Å². The zero-order valence-corrected chi connectivity index (χ0v) is 47.1. The predicted octanol–water partition coefficient (Wildman–Crippen LogP) is 19.9. The van der Waals surface area contributed by atoms with Crippen molar-refractivity contribution in [2.75, 3.05) is 13.2 Å². The van der Waals surface area contributed by atoms with Crippen LogP contribution in [0.3, 0.4) is 0 Å². The number of hydrogen-bond acceptors (Lipinski definition) is 5. The Morgan fingerprint density at radius 2 is 0.594 bits per heavy atom. The second kappa shape index (κ2) is 59.4. The van der Waals surface area contributed by atoms with E-state index in [1.54, 1.807) is 0 Å². The molecule has 0 aliphatic rings. The van der Waals surface area contributed by atoms with Crippen LogP contribution in [0.25, 0.3) is 0 Å². The van der Waals surface area contributed by atoms with Crippen LogP contribution in [-0.2, 0) is 14.3 Å². The van der Waals surface area contributed by atoms with Gasteiger partial charge in [0.25, 0.3) is 0 Å². The number of aliphatic hydroxyl groups excluding tert-OH is 2. The number of carbonyl (C=O) groups excluding carboxylic acids is 2. The molecule has 0 fully saturated rings. The van der Waals surface area contributed by atoms with Crippen LogP contribution in [0.2, 0.25) is 0 Å². The Bertz CT molecular complexity index is 990. The van der Waals surface area contributed by atoms with Crippen molar-refractivity contribution in [3.63, 3.8) is 0 Å². The van der Waals surface area contributed by atoms with Gasteiger partial charge in [0, 0.05) is 12.8 Å². The van der Waals surface area contributed by atoms with Gasteiger partial charge in [-0.15, -0.1) is 0 Å². The van der Waals surface area contributed by atoms with Gasteiger partial charge < -0.3 is 20.3 Å². The molecule has 6 heteroatoms. The van der Waals surface area contributed by atoms with Gasteiger partial charge in [-0.05, 0) is 25.7 Å². The largest absolute Gasteiger partial charge is 0.466 e. The fraction of sp³-hybridized carbons (Fsp3) is 0.968. The highest BCUT2D eigenvalue weighted by Gasteiger charge is 2.20. The number of nitrogens with one attached hydrogen (secondary N) is 1. The maximum absolute atomic E-state index is 12.5. The van der Waals surface area contributed by atoms with Gasteiger partial charge in [0.15, 0.2) is 0 Å². The van der Waals surface area contributed by atoms with Crippen molar-refractivity contribution in [1.29, 1.82) is 0 Å². The Morgan fingerprint density at radius 3 is 0.884 bits per heavy atom. The lowest BCUT2D eigenvalue weighted by molar-refractivity contribution is -0.143. The molecule has 0 aliphatic heterocycles. The van der Waals surface area contributed by atoms with Crippen molar-refractivity contribution in [1.82, 2.24) is 5.32 Å². The van der Waals surface area contributed by atoms with Crippen molar-refractivity contribution in [3.05, 3.63) is 0 Å². The summed E-state index contributed by atoms with van der Waals surface area (Å²) >= 11 is 0. The summed E-state index contributed by atoms with van der Waals surface area (Å²) in [6, 6.07) is -0.540. The molecule has 0 aromatic rings. The summed E-state index contributed by atoms with van der Waals surface area (Å²) in [5.74, 6) is -0.0162. The minimum absolute atomic E-state index is 0.0178. The van der Waals surface area contributed by atoms with Crippen LogP contribution >= 0.6 is 0 Å². The SMILES string of the molecule is CCCCCCCCCCCCCCCCCCCCCC(=O)OCCCCCCCCCCCCCCCCCCCCCCCC(=O)NC(CO)C(O)CCCCCCCCCCCCCC. The molecule has 0 spiro atoms. The maximum atomic E-state index is 12.5. The van der Waals surface area contributed by atoms with Crippen LogP contribution in [0.5, 0.6) is 0 Å². The molecule has 0 aliphatic carbocycles. The summed E-state index contributed by atoms with van der Waals surface area (Å²) in [6.45, 7) is 4.98. The highest BCUT2D eigenvalue weighted by Crippen LogP contribution is 2.19. The molecule has 0 saturated carbocycles. The molecule has 69 heavy (non-hydrogen) atoms. The van der Waals surface area contributed by atoms with Crippen molar-refractivity contribution < 1.29 is 24.5 Å². The summed E-state index contributed by atoms with van der Waals surface area (Å²) in [5.41, 5.74) is 0. The van der Waals surface area contributed by atoms with E-state index >= 15 is 0 Å². The van der Waals surface area contributed by atoms with Gasteiger partial charge >= 0.3 is 5.97 Å². The van der Waals surface area contributed by atoms with Crippen molar-refractivity contribution in [2.45, 2.75) is 379 Å². The highest BCUT2D eigenvalue weighted by atomic mass is 16.5. The zero-order chi connectivity index (χ0) is 50.0. The second-order valence-corrected chi connectivity index (χ2v) is 22.1. The standard InChI is InChI=1S/C63H125NO5/c1-3-5-7-9-11-13-15-17-18-19-23-27-30-33-37-41-45-49-53-57-63(68)69-58-54-50-46-42-38-34-31-28-25-22-20-21-24-26-29-32-36-40-44-48-52-56-62(67)64-60(59-65)61(66)55-51-47-43-39-35-16-14-12-10-8-6-4-2/h60-61,65-66H,3-59H2,1-2H3,(H,64,67). The summed E-state index contributed by atoms with van der Waals surface area (Å²) in [4.78, 5) is 24.6. The van der Waals surface area contributed by atoms with Crippen LogP contribution in [0.4, 0.5) is 0 Å². The van der Waals surface area contributed by atoms with Gasteiger partial charge in [-0.3, -0.25) is 9.59 Å². The first-order chi connectivity index (χ1) is 34.0. The molecule has 0 aromatic heterocycles. The lowest BCUT2D eigenvalue weighted by Crippen LogP contribution is -2.45. The number of carbonyl (C=O) groups is 2. The number of aliphatic hydroxyl groups is 2. The number of hydrogen-bond donors (Lipinski definition) is 3. The third-order valence-electron chi connectivity index (χ3n) is 15.2. The first kappa shape index (κ1) is 67.9. The Hall–Kier alpha value is -1.14. The van der Waals surface area contributed by atoms with Crippen molar-refractivity contribution >= 4 is 11.9 Å². The number of amides is 1. The smallest absolute Gasteiger partial charge is 0.305 e. The molecule has 3 N–H and O–H groups in total. The lowest BCUT2D eigenvalue weighted by Gasteiger charge is -2.22. The fourth-order valence-corrected chi connectivity index (χ4v) is 10.3. The number of rotatable bonds is 60. The Balaban J connectivity index is 3.33. The molecule has 0 saturated heterocycles. The van der Waals surface area contributed by atoms with E-state index < -0.39 is 12.1 Å². The molecular formula is C63H125NO5. The average Bonchev–Trinajstić information content (AvgIpc) is 3.35. The van der Waals surface area contributed by atoms with E-state index in [1.165, 1.54) is 295 Å². The van der Waals surface area contributed by atoms with E-state index in [0.717, 1.165) is 38.5 Å². The van der Waals surface area contributed by atoms with E-state index in [4.69, 9.17) is 4.74 Å². The molecule has 412 valence electrons. The average molecular weight is 977 g/mol. The molecule has 6 nitrogen and oxygen atoms in total. The molecule has 0 radical (unpaired) electrons. The van der Waals surface area contributed by atoms with Crippen molar-refractivity contribution in [3.8, 4) is 0 Å². The molecular weight excluding hydrogens is 851 g/mol. The highest BCUT2D eigenvalue weighted by molar-refractivity contribution is 5.76. The van der Waals surface area contributed by atoms with Gasteiger partial charge in [0.2, 0.25) is 5.91 Å². The maximum Gasteiger partial charge on any atom is 0.305 e. The van der Waals surface area contributed by atoms with Gasteiger partial charge in [-0.2, -0.15) is 0 Å². The molecule has 2 atom stereocenters. The lowest BCUT2D eigenvalue weighted by atomic mass is 10.0. The second-order valence-electron chi connectivity index (χ2n) is 22.1. The third kappa shape index (κ3) is 56.0. The minimum Gasteiger partial charge on any atom is -0.466 e. The van der Waals surface area contributed by atoms with E-state index in [2.05, 4.69) is 19.2 Å². The molecule has 0 rings (SSSR count). The Morgan fingerprint density at radius 1 is 0.348 bits per heavy atom. The van der Waals surface area contributed by atoms with Gasteiger partial charge in [0.1, 0.15) is 0 Å². The van der Waals surface area contributed by atoms with Crippen LogP contribution in [-0.4, -0.2) is 47.4 Å². The number of ether oxygens (including phenoxy) is 1. The first-order valence-corrected chi connectivity index (χ1v) is 31.8. The van der Waals surface area contributed by atoms with Crippen molar-refractivity contribution in [2.24, 2.45) is 0 Å². The third-order valence-corrected chi connectivity index (χ3v) is 15.2. The van der Waals surface area contributed by atoms with Crippen LogP contribution in [0, 0.1) is 0 Å². The normalized spacial score (nSPS) is 12.5. The first-order valence-electron chi connectivity index (χ1n) is 31.8. The van der Waals surface area contributed by atoms with Crippen LogP contribution in [0.15, 0.2) is 0 Å². The number of esters is 1. The summed E-state index contributed by atoms with van der Waals surface area (Å²) in [6.07, 6.45) is 69.8. The zero-order valence-electron chi connectivity index (χ0n) is 47.1. The van der Waals surface area contributed by atoms with Gasteiger partial charge in [0.05, 0.1) is 25.4 Å². The molecule has 0 aromatic carbocycles. The topological polar surface area (TPSA) is 95.9 Å². The molecule has 2 unspecified atom stereocenters. The minimum atomic E-state index is -0.662.